The molecule has 0 heterocycles. The van der Waals surface area contributed by atoms with Crippen LogP contribution in [-0.2, 0) is 25.6 Å². The number of benzene rings is 1. The number of alkyl carbamates (subject to hydrolysis) is 1. The molecule has 0 aromatic heterocycles. The Morgan fingerprint density at radius 2 is 2.00 bits per heavy atom. The van der Waals surface area contributed by atoms with Gasteiger partial charge in [0.05, 0.1) is 6.61 Å². The first kappa shape index (κ1) is 18.9. The van der Waals surface area contributed by atoms with Crippen molar-refractivity contribution in [3.63, 3.8) is 0 Å². The SMILES string of the molecule is CCCCOC(=O)NC(CC(=O)OCc1ccccc1)OC=S. The van der Waals surface area contributed by atoms with Crippen LogP contribution in [0.5, 0.6) is 0 Å². The molecule has 126 valence electrons. The van der Waals surface area contributed by atoms with Gasteiger partial charge in [0.15, 0.2) is 6.23 Å². The molecule has 1 aromatic carbocycles. The molecule has 1 amide bonds. The molecule has 23 heavy (non-hydrogen) atoms. The summed E-state index contributed by atoms with van der Waals surface area (Å²) in [6, 6.07) is 9.29. The van der Waals surface area contributed by atoms with Crippen LogP contribution in [-0.4, -0.2) is 30.5 Å². The van der Waals surface area contributed by atoms with Gasteiger partial charge in [0.25, 0.3) is 0 Å². The average molecular weight is 339 g/mol. The van der Waals surface area contributed by atoms with Gasteiger partial charge in [-0.2, -0.15) is 0 Å². The molecule has 0 radical (unpaired) electrons. The van der Waals surface area contributed by atoms with E-state index < -0.39 is 18.3 Å². The Morgan fingerprint density at radius 1 is 1.26 bits per heavy atom. The Kier molecular flexibility index (Phi) is 9.38. The Hall–Kier alpha value is -2.15. The fourth-order valence-corrected chi connectivity index (χ4v) is 1.77. The fourth-order valence-electron chi connectivity index (χ4n) is 1.63. The van der Waals surface area contributed by atoms with Gasteiger partial charge in [0, 0.05) is 0 Å². The topological polar surface area (TPSA) is 73.9 Å². The first-order valence-electron chi connectivity index (χ1n) is 7.37. The molecule has 0 aliphatic heterocycles. The predicted octanol–water partition coefficient (Wildman–Crippen LogP) is 2.95. The number of carbonyl (C=O) groups excluding carboxylic acids is 2. The highest BCUT2D eigenvalue weighted by Crippen LogP contribution is 2.04. The van der Waals surface area contributed by atoms with Gasteiger partial charge >= 0.3 is 12.1 Å². The van der Waals surface area contributed by atoms with Gasteiger partial charge in [0.1, 0.15) is 18.6 Å². The molecule has 0 bridgehead atoms. The molecule has 6 nitrogen and oxygen atoms in total. The Morgan fingerprint density at radius 3 is 2.65 bits per heavy atom. The van der Waals surface area contributed by atoms with Gasteiger partial charge < -0.3 is 14.2 Å². The highest BCUT2D eigenvalue weighted by Gasteiger charge is 2.18. The van der Waals surface area contributed by atoms with E-state index in [1.165, 1.54) is 0 Å². The minimum Gasteiger partial charge on any atom is -0.466 e. The Bertz CT molecular complexity index is 495. The van der Waals surface area contributed by atoms with Crippen molar-refractivity contribution < 1.29 is 23.8 Å². The predicted molar refractivity (Wildman–Crippen MR) is 88.8 cm³/mol. The summed E-state index contributed by atoms with van der Waals surface area (Å²) in [4.78, 5) is 23.4. The van der Waals surface area contributed by atoms with Crippen LogP contribution >= 0.6 is 12.2 Å². The monoisotopic (exact) mass is 339 g/mol. The number of amides is 1. The largest absolute Gasteiger partial charge is 0.466 e. The molecule has 0 aliphatic rings. The molecule has 0 fully saturated rings. The van der Waals surface area contributed by atoms with E-state index in [1.807, 2.05) is 37.3 Å². The molecule has 0 spiro atoms. The zero-order valence-corrected chi connectivity index (χ0v) is 13.8. The number of rotatable bonds is 10. The van der Waals surface area contributed by atoms with Crippen LogP contribution in [0.4, 0.5) is 4.79 Å². The summed E-state index contributed by atoms with van der Waals surface area (Å²) in [6.07, 6.45) is -0.0476. The third-order valence-electron chi connectivity index (χ3n) is 2.82. The van der Waals surface area contributed by atoms with Crippen LogP contribution in [0, 0.1) is 0 Å². The minimum absolute atomic E-state index is 0.158. The minimum atomic E-state index is -0.912. The lowest BCUT2D eigenvalue weighted by atomic mass is 10.2. The van der Waals surface area contributed by atoms with Crippen molar-refractivity contribution >= 4 is 29.8 Å². The number of unbranched alkanes of at least 4 members (excludes halogenated alkanes) is 1. The van der Waals surface area contributed by atoms with Gasteiger partial charge in [-0.3, -0.25) is 10.1 Å². The number of nitrogens with one attached hydrogen (secondary N) is 1. The Balaban J connectivity index is 2.37. The van der Waals surface area contributed by atoms with Crippen molar-refractivity contribution in [2.24, 2.45) is 0 Å². The van der Waals surface area contributed by atoms with Crippen molar-refractivity contribution in [1.29, 1.82) is 0 Å². The number of carbonyl (C=O) groups is 2. The van der Waals surface area contributed by atoms with E-state index in [1.54, 1.807) is 0 Å². The second kappa shape index (κ2) is 11.4. The average Bonchev–Trinajstić information content (AvgIpc) is 2.54. The van der Waals surface area contributed by atoms with Crippen molar-refractivity contribution in [2.75, 3.05) is 6.61 Å². The van der Waals surface area contributed by atoms with E-state index in [9.17, 15) is 9.59 Å². The normalized spacial score (nSPS) is 11.2. The van der Waals surface area contributed by atoms with Crippen LogP contribution < -0.4 is 5.32 Å². The number of thiocarbonyl (C=S) groups is 1. The fraction of sp³-hybridized carbons (Fsp3) is 0.438. The quantitative estimate of drug-likeness (QED) is 0.306. The smallest absolute Gasteiger partial charge is 0.409 e. The van der Waals surface area contributed by atoms with E-state index in [-0.39, 0.29) is 13.0 Å². The maximum absolute atomic E-state index is 11.8. The first-order chi connectivity index (χ1) is 11.2. The van der Waals surface area contributed by atoms with Crippen molar-refractivity contribution in [1.82, 2.24) is 5.32 Å². The molecule has 1 atom stereocenters. The van der Waals surface area contributed by atoms with Gasteiger partial charge in [-0.25, -0.2) is 4.79 Å². The lowest BCUT2D eigenvalue weighted by molar-refractivity contribution is -0.147. The summed E-state index contributed by atoms with van der Waals surface area (Å²) < 4.78 is 15.1. The summed E-state index contributed by atoms with van der Waals surface area (Å²) in [5, 5.41) is 2.42. The third-order valence-corrected chi connectivity index (χ3v) is 2.94. The standard InChI is InChI=1S/C16H21NO5S/c1-2-3-9-20-16(19)17-14(22-12-23)10-15(18)21-11-13-7-5-4-6-8-13/h4-8,12,14H,2-3,9-11H2,1H3,(H,17,19). The highest BCUT2D eigenvalue weighted by molar-refractivity contribution is 7.78. The maximum atomic E-state index is 11.8. The van der Waals surface area contributed by atoms with Gasteiger partial charge in [-0.1, -0.05) is 43.7 Å². The van der Waals surface area contributed by atoms with Crippen molar-refractivity contribution in [2.45, 2.75) is 39.0 Å². The van der Waals surface area contributed by atoms with Crippen LogP contribution in [0.3, 0.4) is 0 Å². The molecule has 0 saturated heterocycles. The van der Waals surface area contributed by atoms with E-state index in [0.717, 1.165) is 24.0 Å². The van der Waals surface area contributed by atoms with E-state index in [0.29, 0.717) is 6.61 Å². The van der Waals surface area contributed by atoms with E-state index in [4.69, 9.17) is 14.2 Å². The van der Waals surface area contributed by atoms with Crippen molar-refractivity contribution in [3.05, 3.63) is 35.9 Å². The molecule has 7 heteroatoms. The maximum Gasteiger partial charge on any atom is 0.409 e. The molecule has 1 N–H and O–H groups in total. The van der Waals surface area contributed by atoms with E-state index >= 15 is 0 Å². The van der Waals surface area contributed by atoms with Crippen LogP contribution in [0.15, 0.2) is 30.3 Å². The van der Waals surface area contributed by atoms with Gasteiger partial charge in [0.2, 0.25) is 0 Å². The second-order valence-electron chi connectivity index (χ2n) is 4.71. The Labute approximate surface area is 141 Å². The van der Waals surface area contributed by atoms with Gasteiger partial charge in [-0.15, -0.1) is 0 Å². The molecule has 1 aromatic rings. The lowest BCUT2D eigenvalue weighted by Crippen LogP contribution is -2.39. The highest BCUT2D eigenvalue weighted by atomic mass is 32.1. The third kappa shape index (κ3) is 8.77. The summed E-state index contributed by atoms with van der Waals surface area (Å²) in [6.45, 7) is 2.46. The van der Waals surface area contributed by atoms with Crippen LogP contribution in [0.1, 0.15) is 31.7 Å². The van der Waals surface area contributed by atoms with Gasteiger partial charge in [-0.05, 0) is 24.2 Å². The number of hydrogen-bond acceptors (Lipinski definition) is 6. The molecular weight excluding hydrogens is 318 g/mol. The summed E-state index contributed by atoms with van der Waals surface area (Å²) in [5.74, 6) is -0.510. The number of hydrogen-bond donors (Lipinski definition) is 1. The second-order valence-corrected chi connectivity index (χ2v) is 4.90. The van der Waals surface area contributed by atoms with E-state index in [2.05, 4.69) is 17.5 Å². The zero-order valence-electron chi connectivity index (χ0n) is 13.0. The summed E-state index contributed by atoms with van der Waals surface area (Å²) in [7, 11) is 0. The molecule has 0 saturated carbocycles. The molecule has 1 unspecified atom stereocenters. The molecule has 0 aliphatic carbocycles. The molecule has 1 rings (SSSR count). The van der Waals surface area contributed by atoms with Crippen LogP contribution in [0.2, 0.25) is 0 Å². The molecular formula is C16H21NO5S. The number of esters is 1. The number of ether oxygens (including phenoxy) is 3. The van der Waals surface area contributed by atoms with Crippen LogP contribution in [0.25, 0.3) is 0 Å². The van der Waals surface area contributed by atoms with Crippen molar-refractivity contribution in [3.8, 4) is 0 Å². The summed E-state index contributed by atoms with van der Waals surface area (Å²) >= 11 is 4.59. The summed E-state index contributed by atoms with van der Waals surface area (Å²) in [5.41, 5.74) is 1.86. The first-order valence-corrected chi connectivity index (χ1v) is 7.84. The zero-order chi connectivity index (χ0) is 16.9. The lowest BCUT2D eigenvalue weighted by Gasteiger charge is -2.16.